The van der Waals surface area contributed by atoms with Crippen molar-refractivity contribution in [2.75, 3.05) is 0 Å². The fraction of sp³-hybridized carbons (Fsp3) is 0.538. The van der Waals surface area contributed by atoms with Crippen LogP contribution in [0.1, 0.15) is 57.3 Å². The number of hydrogen-bond acceptors (Lipinski definition) is 3. The molecule has 2 heterocycles. The van der Waals surface area contributed by atoms with Gasteiger partial charge in [0.1, 0.15) is 6.10 Å². The molecule has 1 unspecified atom stereocenters. The van der Waals surface area contributed by atoms with E-state index >= 15 is 0 Å². The fourth-order valence-corrected chi connectivity index (χ4v) is 2.61. The standard InChI is InChI=1S/C13H19BrN4O/c1-8(2)17-7-15-6-11(17)13(19)12-10(14)5-16-18(12)9(3)4/h5-9,13,19H,1-4H3. The van der Waals surface area contributed by atoms with Gasteiger partial charge in [0.05, 0.1) is 34.6 Å². The summed E-state index contributed by atoms with van der Waals surface area (Å²) in [5.74, 6) is 0. The molecule has 0 aromatic carbocycles. The van der Waals surface area contributed by atoms with Crippen LogP contribution in [0.15, 0.2) is 23.2 Å². The lowest BCUT2D eigenvalue weighted by Gasteiger charge is -2.19. The Morgan fingerprint density at radius 1 is 1.16 bits per heavy atom. The van der Waals surface area contributed by atoms with Crippen LogP contribution in [0.25, 0.3) is 0 Å². The first-order chi connectivity index (χ1) is 8.93. The summed E-state index contributed by atoms with van der Waals surface area (Å²) < 4.78 is 4.60. The molecule has 1 atom stereocenters. The van der Waals surface area contributed by atoms with Gasteiger partial charge in [-0.2, -0.15) is 5.10 Å². The quantitative estimate of drug-likeness (QED) is 0.939. The molecule has 0 aliphatic rings. The van der Waals surface area contributed by atoms with Crippen LogP contribution in [-0.4, -0.2) is 24.4 Å². The molecular weight excluding hydrogens is 308 g/mol. The second-order valence-corrected chi connectivity index (χ2v) is 5.99. The number of nitrogens with zero attached hydrogens (tertiary/aromatic N) is 4. The molecule has 2 aromatic rings. The average Bonchev–Trinajstić information content (AvgIpc) is 2.93. The van der Waals surface area contributed by atoms with E-state index in [4.69, 9.17) is 0 Å². The van der Waals surface area contributed by atoms with E-state index in [1.807, 2.05) is 23.1 Å². The molecule has 0 saturated carbocycles. The van der Waals surface area contributed by atoms with E-state index in [0.29, 0.717) is 0 Å². The Bertz CT molecular complexity index is 559. The van der Waals surface area contributed by atoms with E-state index in [1.165, 1.54) is 0 Å². The summed E-state index contributed by atoms with van der Waals surface area (Å²) in [4.78, 5) is 4.14. The predicted octanol–water partition coefficient (Wildman–Crippen LogP) is 3.09. The minimum absolute atomic E-state index is 0.186. The lowest BCUT2D eigenvalue weighted by Crippen LogP contribution is -2.16. The Morgan fingerprint density at radius 2 is 1.84 bits per heavy atom. The van der Waals surface area contributed by atoms with E-state index in [2.05, 4.69) is 39.9 Å². The van der Waals surface area contributed by atoms with Crippen molar-refractivity contribution in [1.29, 1.82) is 0 Å². The van der Waals surface area contributed by atoms with Crippen LogP contribution in [0.4, 0.5) is 0 Å². The highest BCUT2D eigenvalue weighted by Crippen LogP contribution is 2.31. The number of aliphatic hydroxyl groups is 1. The van der Waals surface area contributed by atoms with Crippen molar-refractivity contribution in [2.24, 2.45) is 0 Å². The maximum atomic E-state index is 10.7. The summed E-state index contributed by atoms with van der Waals surface area (Å²) in [5, 5.41) is 15.0. The second-order valence-electron chi connectivity index (χ2n) is 5.14. The van der Waals surface area contributed by atoms with Crippen LogP contribution < -0.4 is 0 Å². The van der Waals surface area contributed by atoms with Crippen molar-refractivity contribution in [2.45, 2.75) is 45.9 Å². The predicted molar refractivity (Wildman–Crippen MR) is 77.0 cm³/mol. The third kappa shape index (κ3) is 2.60. The van der Waals surface area contributed by atoms with Crippen molar-refractivity contribution < 1.29 is 5.11 Å². The van der Waals surface area contributed by atoms with E-state index in [1.54, 1.807) is 18.7 Å². The van der Waals surface area contributed by atoms with Gasteiger partial charge in [0.15, 0.2) is 0 Å². The number of aromatic nitrogens is 4. The summed E-state index contributed by atoms with van der Waals surface area (Å²) in [7, 11) is 0. The van der Waals surface area contributed by atoms with E-state index in [0.717, 1.165) is 15.9 Å². The summed E-state index contributed by atoms with van der Waals surface area (Å²) >= 11 is 3.46. The Hall–Kier alpha value is -1.14. The van der Waals surface area contributed by atoms with Crippen molar-refractivity contribution in [3.8, 4) is 0 Å². The summed E-state index contributed by atoms with van der Waals surface area (Å²) in [5.41, 5.74) is 1.54. The molecule has 5 nitrogen and oxygen atoms in total. The van der Waals surface area contributed by atoms with Crippen molar-refractivity contribution >= 4 is 15.9 Å². The third-order valence-corrected chi connectivity index (χ3v) is 3.68. The zero-order valence-electron chi connectivity index (χ0n) is 11.6. The van der Waals surface area contributed by atoms with E-state index in [-0.39, 0.29) is 12.1 Å². The molecule has 19 heavy (non-hydrogen) atoms. The van der Waals surface area contributed by atoms with Gasteiger partial charge >= 0.3 is 0 Å². The summed E-state index contributed by atoms with van der Waals surface area (Å²) in [6, 6.07) is 0.438. The van der Waals surface area contributed by atoms with Crippen molar-refractivity contribution in [3.05, 3.63) is 34.6 Å². The highest BCUT2D eigenvalue weighted by molar-refractivity contribution is 9.10. The van der Waals surface area contributed by atoms with Gasteiger partial charge in [-0.3, -0.25) is 4.68 Å². The van der Waals surface area contributed by atoms with Gasteiger partial charge in [0.2, 0.25) is 0 Å². The molecule has 104 valence electrons. The molecule has 0 radical (unpaired) electrons. The lowest BCUT2D eigenvalue weighted by molar-refractivity contribution is 0.192. The van der Waals surface area contributed by atoms with Crippen molar-refractivity contribution in [1.82, 2.24) is 19.3 Å². The van der Waals surface area contributed by atoms with E-state index < -0.39 is 6.10 Å². The molecule has 0 amide bonds. The maximum absolute atomic E-state index is 10.7. The molecule has 0 saturated heterocycles. The Kier molecular flexibility index (Phi) is 4.10. The topological polar surface area (TPSA) is 55.9 Å². The molecule has 0 bridgehead atoms. The maximum Gasteiger partial charge on any atom is 0.138 e. The number of rotatable bonds is 4. The van der Waals surface area contributed by atoms with Crippen LogP contribution in [-0.2, 0) is 0 Å². The Labute approximate surface area is 121 Å². The average molecular weight is 327 g/mol. The van der Waals surface area contributed by atoms with Gasteiger partial charge in [-0.15, -0.1) is 0 Å². The summed E-state index contributed by atoms with van der Waals surface area (Å²) in [6.07, 6.45) is 4.42. The van der Waals surface area contributed by atoms with Crippen LogP contribution in [0.3, 0.4) is 0 Å². The van der Waals surface area contributed by atoms with Gasteiger partial charge in [0, 0.05) is 12.1 Å². The highest BCUT2D eigenvalue weighted by Gasteiger charge is 2.24. The SMILES string of the molecule is CC(C)n1cncc1C(O)c1c(Br)cnn1C(C)C. The first kappa shape index (κ1) is 14.3. The van der Waals surface area contributed by atoms with E-state index in [9.17, 15) is 5.11 Å². The zero-order chi connectivity index (χ0) is 14.2. The first-order valence-electron chi connectivity index (χ1n) is 6.36. The molecule has 1 N–H and O–H groups in total. The smallest absolute Gasteiger partial charge is 0.138 e. The van der Waals surface area contributed by atoms with Gasteiger partial charge in [-0.25, -0.2) is 4.98 Å². The van der Waals surface area contributed by atoms with Crippen LogP contribution in [0.2, 0.25) is 0 Å². The number of halogens is 1. The largest absolute Gasteiger partial charge is 0.380 e. The molecule has 0 aliphatic heterocycles. The van der Waals surface area contributed by atoms with Gasteiger partial charge in [-0.1, -0.05) is 0 Å². The monoisotopic (exact) mass is 326 g/mol. The molecule has 0 aliphatic carbocycles. The first-order valence-corrected chi connectivity index (χ1v) is 7.15. The molecular formula is C13H19BrN4O. The van der Waals surface area contributed by atoms with Gasteiger partial charge in [0.25, 0.3) is 0 Å². The summed E-state index contributed by atoms with van der Waals surface area (Å²) in [6.45, 7) is 8.20. The number of imidazole rings is 1. The van der Waals surface area contributed by atoms with Crippen LogP contribution >= 0.6 is 15.9 Å². The highest BCUT2D eigenvalue weighted by atomic mass is 79.9. The van der Waals surface area contributed by atoms with Crippen LogP contribution in [0, 0.1) is 0 Å². The molecule has 2 rings (SSSR count). The Morgan fingerprint density at radius 3 is 2.42 bits per heavy atom. The minimum atomic E-state index is -0.746. The third-order valence-electron chi connectivity index (χ3n) is 3.07. The number of hydrogen-bond donors (Lipinski definition) is 1. The minimum Gasteiger partial charge on any atom is -0.380 e. The lowest BCUT2D eigenvalue weighted by atomic mass is 10.1. The zero-order valence-corrected chi connectivity index (χ0v) is 13.2. The van der Waals surface area contributed by atoms with Gasteiger partial charge in [-0.05, 0) is 43.6 Å². The van der Waals surface area contributed by atoms with Crippen LogP contribution in [0.5, 0.6) is 0 Å². The molecule has 2 aromatic heterocycles. The normalized spacial score (nSPS) is 13.5. The fourth-order valence-electron chi connectivity index (χ4n) is 2.12. The molecule has 0 fully saturated rings. The molecule has 0 spiro atoms. The number of aliphatic hydroxyl groups excluding tert-OH is 1. The Balaban J connectivity index is 2.47. The van der Waals surface area contributed by atoms with Crippen molar-refractivity contribution in [3.63, 3.8) is 0 Å². The van der Waals surface area contributed by atoms with Gasteiger partial charge < -0.3 is 9.67 Å². The second kappa shape index (κ2) is 5.46. The molecule has 6 heteroatoms.